The number of nitrogens with zero attached hydrogens (tertiary/aromatic N) is 1. The van der Waals surface area contributed by atoms with E-state index in [1.807, 2.05) is 0 Å². The van der Waals surface area contributed by atoms with Crippen LogP contribution in [0.2, 0.25) is 0 Å². The molecule has 0 spiro atoms. The van der Waals surface area contributed by atoms with Crippen LogP contribution >= 0.6 is 27.3 Å². The first-order chi connectivity index (χ1) is 11.4. The van der Waals surface area contributed by atoms with Crippen molar-refractivity contribution in [3.63, 3.8) is 0 Å². The van der Waals surface area contributed by atoms with Crippen LogP contribution in [-0.4, -0.2) is 25.4 Å². The molecule has 0 bridgehead atoms. The third-order valence-electron chi connectivity index (χ3n) is 3.25. The number of aromatic hydroxyl groups is 4. The Hall–Kier alpha value is -2.58. The highest BCUT2D eigenvalue weighted by atomic mass is 79.9. The van der Waals surface area contributed by atoms with Crippen LogP contribution < -0.4 is 5.43 Å². The van der Waals surface area contributed by atoms with Crippen LogP contribution in [0, 0.1) is 0 Å². The molecule has 0 unspecified atom stereocenters. The zero-order chi connectivity index (χ0) is 17.4. The summed E-state index contributed by atoms with van der Waals surface area (Å²) in [5.41, 5.74) is 0.236. The molecule has 24 heavy (non-hydrogen) atoms. The average Bonchev–Trinajstić information content (AvgIpc) is 2.55. The first kappa shape index (κ1) is 16.3. The van der Waals surface area contributed by atoms with Gasteiger partial charge in [0.15, 0.2) is 23.0 Å². The fourth-order valence-corrected chi connectivity index (χ4v) is 3.37. The van der Waals surface area contributed by atoms with Gasteiger partial charge in [0.05, 0.1) is 4.88 Å². The van der Waals surface area contributed by atoms with E-state index in [0.29, 0.717) is 25.5 Å². The number of rotatable bonds is 2. The second kappa shape index (κ2) is 6.14. The Labute approximate surface area is 148 Å². The molecule has 122 valence electrons. The summed E-state index contributed by atoms with van der Waals surface area (Å²) in [5, 5.41) is 38.8. The fraction of sp³-hybridized carbons (Fsp3) is 0. The Morgan fingerprint density at radius 1 is 1.00 bits per heavy atom. The van der Waals surface area contributed by atoms with Gasteiger partial charge >= 0.3 is 0 Å². The number of hydrogen-bond acceptors (Lipinski definition) is 7. The first-order valence-electron chi connectivity index (χ1n) is 6.61. The molecular formula is C16H10BrNO5S. The van der Waals surface area contributed by atoms with Crippen LogP contribution in [0.1, 0.15) is 10.6 Å². The van der Waals surface area contributed by atoms with E-state index in [1.165, 1.54) is 24.4 Å². The standard InChI is InChI=1S/C16H10BrNO5S/c17-9-5-11(20)10(19)3-7(9)1-2-13-18-6-8-4-12(21)14(22)15(23)16(8)24-13/h1-6,19-21,23H. The van der Waals surface area contributed by atoms with E-state index < -0.39 is 16.9 Å². The van der Waals surface area contributed by atoms with E-state index in [2.05, 4.69) is 20.9 Å². The van der Waals surface area contributed by atoms with Crippen molar-refractivity contribution in [2.45, 2.75) is 0 Å². The number of halogens is 1. The minimum absolute atomic E-state index is 0.238. The molecule has 0 radical (unpaired) electrons. The topological polar surface area (TPSA) is 111 Å². The lowest BCUT2D eigenvalue weighted by molar-refractivity contribution is 0.403. The van der Waals surface area contributed by atoms with Crippen molar-refractivity contribution in [3.05, 3.63) is 49.7 Å². The monoisotopic (exact) mass is 407 g/mol. The number of phenols is 4. The summed E-state index contributed by atoms with van der Waals surface area (Å²) in [7, 11) is 0. The molecular weight excluding hydrogens is 398 g/mol. The van der Waals surface area contributed by atoms with Gasteiger partial charge in [-0.05, 0) is 29.8 Å². The lowest BCUT2D eigenvalue weighted by Gasteiger charge is -2.07. The average molecular weight is 408 g/mol. The predicted octanol–water partition coefficient (Wildman–Crippen LogP) is 3.36. The highest BCUT2D eigenvalue weighted by Gasteiger charge is 2.16. The molecule has 2 aliphatic rings. The molecule has 6 nitrogen and oxygen atoms in total. The van der Waals surface area contributed by atoms with E-state index in [1.54, 1.807) is 12.2 Å². The number of hydrogen-bond donors (Lipinski definition) is 4. The van der Waals surface area contributed by atoms with Gasteiger partial charge in [-0.15, -0.1) is 11.3 Å². The third kappa shape index (κ3) is 2.93. The summed E-state index contributed by atoms with van der Waals surface area (Å²) < 4.78 is 0.578. The second-order valence-corrected chi connectivity index (χ2v) is 6.77. The summed E-state index contributed by atoms with van der Waals surface area (Å²) in [6.45, 7) is 0. The smallest absolute Gasteiger partial charge is 0.263 e. The largest absolute Gasteiger partial charge is 0.504 e. The van der Waals surface area contributed by atoms with E-state index in [9.17, 15) is 25.2 Å². The van der Waals surface area contributed by atoms with Gasteiger partial charge in [-0.1, -0.05) is 22.0 Å². The number of phenolic OH excluding ortho intramolecular Hbond substituents is 4. The van der Waals surface area contributed by atoms with Gasteiger partial charge in [-0.3, -0.25) is 4.79 Å². The lowest BCUT2D eigenvalue weighted by atomic mass is 10.1. The summed E-state index contributed by atoms with van der Waals surface area (Å²) in [6, 6.07) is 4.00. The molecule has 0 atom stereocenters. The van der Waals surface area contributed by atoms with Crippen LogP contribution in [0.4, 0.5) is 0 Å². The molecule has 1 aliphatic carbocycles. The summed E-state index contributed by atoms with van der Waals surface area (Å²) in [4.78, 5) is 16.1. The number of aromatic nitrogens is 1. The van der Waals surface area contributed by atoms with Gasteiger partial charge in [0.1, 0.15) is 5.01 Å². The van der Waals surface area contributed by atoms with E-state index in [-0.39, 0.29) is 11.5 Å². The molecule has 3 rings (SSSR count). The number of benzene rings is 2. The van der Waals surface area contributed by atoms with Crippen molar-refractivity contribution in [1.82, 2.24) is 4.98 Å². The highest BCUT2D eigenvalue weighted by molar-refractivity contribution is 9.10. The van der Waals surface area contributed by atoms with Crippen LogP contribution in [-0.2, 0) is 0 Å². The molecule has 1 heterocycles. The predicted molar refractivity (Wildman–Crippen MR) is 94.7 cm³/mol. The van der Waals surface area contributed by atoms with Crippen LogP contribution in [0.3, 0.4) is 0 Å². The van der Waals surface area contributed by atoms with Crippen molar-refractivity contribution in [2.24, 2.45) is 0 Å². The maximum atomic E-state index is 11.6. The molecule has 0 fully saturated rings. The van der Waals surface area contributed by atoms with Gasteiger partial charge in [0.2, 0.25) is 0 Å². The Bertz CT molecular complexity index is 999. The maximum Gasteiger partial charge on any atom is 0.263 e. The van der Waals surface area contributed by atoms with Crippen molar-refractivity contribution in [1.29, 1.82) is 0 Å². The summed E-state index contributed by atoms with van der Waals surface area (Å²) in [6.07, 6.45) is 4.73. The van der Waals surface area contributed by atoms with Crippen LogP contribution in [0.5, 0.6) is 23.0 Å². The molecule has 0 saturated carbocycles. The van der Waals surface area contributed by atoms with Gasteiger partial charge in [0, 0.05) is 16.2 Å². The summed E-state index contributed by atoms with van der Waals surface area (Å²) >= 11 is 4.36. The maximum absolute atomic E-state index is 11.6. The lowest BCUT2D eigenvalue weighted by Crippen LogP contribution is -2.01. The van der Waals surface area contributed by atoms with Crippen molar-refractivity contribution < 1.29 is 20.4 Å². The molecule has 4 N–H and O–H groups in total. The molecule has 1 aromatic carbocycles. The Balaban J connectivity index is 2.04. The van der Waals surface area contributed by atoms with Crippen molar-refractivity contribution in [3.8, 4) is 33.4 Å². The van der Waals surface area contributed by atoms with Gasteiger partial charge < -0.3 is 20.4 Å². The molecule has 0 amide bonds. The Morgan fingerprint density at radius 3 is 2.46 bits per heavy atom. The van der Waals surface area contributed by atoms with Gasteiger partial charge in [-0.2, -0.15) is 0 Å². The summed E-state index contributed by atoms with van der Waals surface area (Å²) in [5.74, 6) is -1.54. The quantitative estimate of drug-likeness (QED) is 0.484. The zero-order valence-electron chi connectivity index (χ0n) is 11.9. The minimum Gasteiger partial charge on any atom is -0.504 e. The van der Waals surface area contributed by atoms with E-state index >= 15 is 0 Å². The molecule has 1 aliphatic heterocycles. The Morgan fingerprint density at radius 2 is 1.71 bits per heavy atom. The SMILES string of the molecule is O=c1c(O)cc2cnc(C=Cc3cc(O)c(O)cc3Br)sc-2c1O. The normalized spacial score (nSPS) is 11.4. The molecule has 0 saturated heterocycles. The van der Waals surface area contributed by atoms with Crippen LogP contribution in [0.25, 0.3) is 22.6 Å². The third-order valence-corrected chi connectivity index (χ3v) is 5.02. The number of fused-ring (bicyclic) bond motifs is 1. The van der Waals surface area contributed by atoms with Crippen molar-refractivity contribution in [2.75, 3.05) is 0 Å². The molecule has 8 heteroatoms. The van der Waals surface area contributed by atoms with Gasteiger partial charge in [-0.25, -0.2) is 4.98 Å². The van der Waals surface area contributed by atoms with E-state index in [4.69, 9.17) is 0 Å². The van der Waals surface area contributed by atoms with Crippen molar-refractivity contribution >= 4 is 39.4 Å². The molecule has 1 aromatic rings. The van der Waals surface area contributed by atoms with Crippen LogP contribution in [0.15, 0.2) is 33.7 Å². The Kier molecular flexibility index (Phi) is 4.16. The van der Waals surface area contributed by atoms with Gasteiger partial charge in [0.25, 0.3) is 5.43 Å². The highest BCUT2D eigenvalue weighted by Crippen LogP contribution is 2.36. The second-order valence-electron chi connectivity index (χ2n) is 4.89. The fourth-order valence-electron chi connectivity index (χ4n) is 2.04. The first-order valence-corrected chi connectivity index (χ1v) is 8.22. The van der Waals surface area contributed by atoms with E-state index in [0.717, 1.165) is 11.3 Å². The zero-order valence-corrected chi connectivity index (χ0v) is 14.3. The molecule has 0 aromatic heterocycles. The minimum atomic E-state index is -0.828.